The van der Waals surface area contributed by atoms with E-state index < -0.39 is 11.3 Å². The second kappa shape index (κ2) is 11.9. The van der Waals surface area contributed by atoms with Gasteiger partial charge >= 0.3 is 0 Å². The van der Waals surface area contributed by atoms with E-state index in [1.807, 2.05) is 13.8 Å². The van der Waals surface area contributed by atoms with Crippen LogP contribution < -0.4 is 16.4 Å². The molecule has 1 saturated carbocycles. The fourth-order valence-electron chi connectivity index (χ4n) is 3.38. The summed E-state index contributed by atoms with van der Waals surface area (Å²) >= 11 is 0. The van der Waals surface area contributed by atoms with Crippen LogP contribution in [0.2, 0.25) is 0 Å². The molecule has 2 aliphatic rings. The first-order valence-electron chi connectivity index (χ1n) is 10.3. The number of amides is 1. The SMILES string of the molecule is C=C(/C=C(\C=N)CC1(C)CCCNC1=O)N/C=C(\C)CN.FC1(F)CCCCC1. The van der Waals surface area contributed by atoms with Crippen LogP contribution in [0, 0.1) is 10.8 Å². The lowest BCUT2D eigenvalue weighted by Gasteiger charge is -2.32. The highest BCUT2D eigenvalue weighted by Gasteiger charge is 2.35. The summed E-state index contributed by atoms with van der Waals surface area (Å²) in [5.41, 5.74) is 7.55. The maximum absolute atomic E-state index is 12.2. The largest absolute Gasteiger partial charge is 0.362 e. The van der Waals surface area contributed by atoms with Gasteiger partial charge in [-0.1, -0.05) is 19.9 Å². The minimum atomic E-state index is -2.32. The van der Waals surface area contributed by atoms with E-state index in [-0.39, 0.29) is 18.7 Å². The molecule has 1 atom stereocenters. The fraction of sp³-hybridized carbons (Fsp3) is 0.636. The predicted molar refractivity (Wildman–Crippen MR) is 115 cm³/mol. The number of allylic oxidation sites excluding steroid dienone is 2. The summed E-state index contributed by atoms with van der Waals surface area (Å²) in [5.74, 6) is -2.25. The van der Waals surface area contributed by atoms with Crippen molar-refractivity contribution in [2.45, 2.75) is 71.1 Å². The standard InChI is InChI=1S/C16H26N4O.C6H10F2/c1-12(9-17)11-20-13(2)7-14(10-18)8-16(3)5-4-6-19-15(16)21;7-6(8)4-2-1-3-5-6/h7,10-11,18,20H,2,4-6,8-9,17H2,1,3H3,(H,19,21);1-5H2/b12-11+,14-7-,18-10?;. The molecule has 164 valence electrons. The molecule has 0 aromatic rings. The van der Waals surface area contributed by atoms with E-state index in [2.05, 4.69) is 17.2 Å². The fourth-order valence-corrected chi connectivity index (χ4v) is 3.38. The molecule has 0 radical (unpaired) electrons. The maximum atomic E-state index is 12.2. The van der Waals surface area contributed by atoms with E-state index in [0.717, 1.165) is 37.0 Å². The first-order valence-corrected chi connectivity index (χ1v) is 10.3. The van der Waals surface area contributed by atoms with Gasteiger partial charge in [-0.3, -0.25) is 4.79 Å². The molecule has 1 unspecified atom stereocenters. The summed E-state index contributed by atoms with van der Waals surface area (Å²) in [7, 11) is 0. The molecule has 1 heterocycles. The van der Waals surface area contributed by atoms with Gasteiger partial charge in [0.25, 0.3) is 0 Å². The Morgan fingerprint density at radius 3 is 2.41 bits per heavy atom. The van der Waals surface area contributed by atoms with Crippen molar-refractivity contribution >= 4 is 12.1 Å². The average molecular weight is 411 g/mol. The van der Waals surface area contributed by atoms with Crippen molar-refractivity contribution in [1.29, 1.82) is 5.41 Å². The molecule has 0 spiro atoms. The van der Waals surface area contributed by atoms with Crippen LogP contribution >= 0.6 is 0 Å². The smallest absolute Gasteiger partial charge is 0.248 e. The van der Waals surface area contributed by atoms with Crippen LogP contribution in [0.4, 0.5) is 8.78 Å². The summed E-state index contributed by atoms with van der Waals surface area (Å²) in [5, 5.41) is 13.5. The van der Waals surface area contributed by atoms with E-state index >= 15 is 0 Å². The number of hydrogen-bond acceptors (Lipinski definition) is 4. The second-order valence-corrected chi connectivity index (χ2v) is 8.24. The monoisotopic (exact) mass is 410 g/mol. The number of halogens is 2. The first kappa shape index (κ1) is 25.0. The van der Waals surface area contributed by atoms with E-state index in [1.54, 1.807) is 12.3 Å². The Morgan fingerprint density at radius 1 is 1.28 bits per heavy atom. The molecule has 0 aromatic carbocycles. The zero-order chi connectivity index (χ0) is 21.9. The molecule has 5 N–H and O–H groups in total. The van der Waals surface area contributed by atoms with Gasteiger partial charge in [-0.25, -0.2) is 8.78 Å². The van der Waals surface area contributed by atoms with Gasteiger partial charge in [0.2, 0.25) is 11.8 Å². The molecule has 1 aliphatic heterocycles. The number of carbonyl (C=O) groups excluding carboxylic acids is 1. The van der Waals surface area contributed by atoms with Gasteiger partial charge < -0.3 is 21.8 Å². The highest BCUT2D eigenvalue weighted by atomic mass is 19.3. The van der Waals surface area contributed by atoms with Crippen LogP contribution in [0.25, 0.3) is 0 Å². The Balaban J connectivity index is 0.000000436. The summed E-state index contributed by atoms with van der Waals surface area (Å²) in [6.07, 6.45) is 9.93. The van der Waals surface area contributed by atoms with Gasteiger partial charge in [0.15, 0.2) is 0 Å². The highest BCUT2D eigenvalue weighted by Crippen LogP contribution is 2.33. The van der Waals surface area contributed by atoms with Crippen molar-refractivity contribution in [3.8, 4) is 0 Å². The van der Waals surface area contributed by atoms with Gasteiger partial charge in [-0.2, -0.15) is 0 Å². The summed E-state index contributed by atoms with van der Waals surface area (Å²) in [4.78, 5) is 12.0. The number of piperidine rings is 1. The van der Waals surface area contributed by atoms with Gasteiger partial charge in [0.1, 0.15) is 0 Å². The molecule has 7 heteroatoms. The van der Waals surface area contributed by atoms with Crippen molar-refractivity contribution < 1.29 is 13.6 Å². The molecule has 1 amide bonds. The van der Waals surface area contributed by atoms with Crippen molar-refractivity contribution in [2.24, 2.45) is 11.1 Å². The maximum Gasteiger partial charge on any atom is 0.248 e. The van der Waals surface area contributed by atoms with E-state index in [4.69, 9.17) is 11.1 Å². The lowest BCUT2D eigenvalue weighted by Crippen LogP contribution is -2.44. The van der Waals surface area contributed by atoms with E-state index in [9.17, 15) is 13.6 Å². The minimum absolute atomic E-state index is 0.0685. The second-order valence-electron chi connectivity index (χ2n) is 8.24. The molecule has 2 fully saturated rings. The van der Waals surface area contributed by atoms with Crippen LogP contribution in [0.3, 0.4) is 0 Å². The number of rotatable bonds is 7. The van der Waals surface area contributed by atoms with Crippen LogP contribution in [0.1, 0.15) is 65.2 Å². The van der Waals surface area contributed by atoms with Crippen molar-refractivity contribution in [1.82, 2.24) is 10.6 Å². The van der Waals surface area contributed by atoms with Crippen LogP contribution in [-0.2, 0) is 4.79 Å². The van der Waals surface area contributed by atoms with Crippen molar-refractivity contribution in [2.75, 3.05) is 13.1 Å². The molecular formula is C22H36F2N4O. The molecular weight excluding hydrogens is 374 g/mol. The predicted octanol–water partition coefficient (Wildman–Crippen LogP) is 4.42. The molecule has 29 heavy (non-hydrogen) atoms. The third-order valence-electron chi connectivity index (χ3n) is 5.29. The number of nitrogens with two attached hydrogens (primary N) is 1. The quantitative estimate of drug-likeness (QED) is 0.370. The molecule has 1 saturated heterocycles. The lowest BCUT2D eigenvalue weighted by atomic mass is 9.76. The molecule has 5 nitrogen and oxygen atoms in total. The van der Waals surface area contributed by atoms with Gasteiger partial charge in [0.05, 0.1) is 5.41 Å². The van der Waals surface area contributed by atoms with Gasteiger partial charge in [-0.05, 0) is 56.3 Å². The normalized spacial score (nSPS) is 24.7. The van der Waals surface area contributed by atoms with Gasteiger partial charge in [-0.15, -0.1) is 0 Å². The molecule has 2 rings (SSSR count). The number of hydrogen-bond donors (Lipinski definition) is 4. The van der Waals surface area contributed by atoms with Crippen LogP contribution in [0.5, 0.6) is 0 Å². The Labute approximate surface area is 173 Å². The van der Waals surface area contributed by atoms with E-state index in [1.165, 1.54) is 6.21 Å². The number of nitrogens with one attached hydrogen (secondary N) is 3. The van der Waals surface area contributed by atoms with Crippen LogP contribution in [-0.4, -0.2) is 31.1 Å². The summed E-state index contributed by atoms with van der Waals surface area (Å²) in [6, 6.07) is 0. The van der Waals surface area contributed by atoms with Crippen LogP contribution in [0.15, 0.2) is 35.7 Å². The topological polar surface area (TPSA) is 91.0 Å². The third-order valence-corrected chi connectivity index (χ3v) is 5.29. The summed E-state index contributed by atoms with van der Waals surface area (Å²) < 4.78 is 24.4. The van der Waals surface area contributed by atoms with Crippen molar-refractivity contribution in [3.63, 3.8) is 0 Å². The highest BCUT2D eigenvalue weighted by molar-refractivity contribution is 5.85. The summed E-state index contributed by atoms with van der Waals surface area (Å²) in [6.45, 7) is 9.02. The Morgan fingerprint density at radius 2 is 1.93 bits per heavy atom. The minimum Gasteiger partial charge on any atom is -0.362 e. The first-order chi connectivity index (χ1) is 13.6. The molecule has 0 aromatic heterocycles. The molecule has 1 aliphatic carbocycles. The van der Waals surface area contributed by atoms with Crippen molar-refractivity contribution in [3.05, 3.63) is 35.7 Å². The average Bonchev–Trinajstić information content (AvgIpc) is 2.68. The Kier molecular flexibility index (Phi) is 10.2. The Bertz CT molecular complexity index is 635. The van der Waals surface area contributed by atoms with E-state index in [0.29, 0.717) is 31.5 Å². The van der Waals surface area contributed by atoms with Gasteiger partial charge in [0, 0.05) is 44.0 Å². The Hall–Kier alpha value is -2.02. The number of carbonyl (C=O) groups is 1. The number of alkyl halides is 2. The lowest BCUT2D eigenvalue weighted by molar-refractivity contribution is -0.132. The zero-order valence-electron chi connectivity index (χ0n) is 17.8. The zero-order valence-corrected chi connectivity index (χ0v) is 17.8. The third kappa shape index (κ3) is 9.35. The molecule has 0 bridgehead atoms.